The maximum Gasteiger partial charge on any atom is 0.178 e. The number of ketones is 2. The molecule has 0 saturated heterocycles. The summed E-state index contributed by atoms with van der Waals surface area (Å²) in [6.07, 6.45) is 9.25. The fourth-order valence-corrected chi connectivity index (χ4v) is 6.96. The van der Waals surface area contributed by atoms with Crippen LogP contribution in [0.15, 0.2) is 23.8 Å². The summed E-state index contributed by atoms with van der Waals surface area (Å²) in [5, 5.41) is 27.5. The SMILES string of the molecule is CC12C=CC(=O)C=C1CCC1C2C(O)CC2(C)C(C(=O)CO)CCC12.CO. The van der Waals surface area contributed by atoms with Gasteiger partial charge in [-0.1, -0.05) is 25.5 Å². The Labute approximate surface area is 161 Å². The van der Waals surface area contributed by atoms with Crippen molar-refractivity contribution >= 4 is 11.6 Å². The third kappa shape index (κ3) is 2.95. The summed E-state index contributed by atoms with van der Waals surface area (Å²) < 4.78 is 0. The molecule has 5 heteroatoms. The molecule has 0 aromatic carbocycles. The molecule has 0 spiro atoms. The van der Waals surface area contributed by atoms with E-state index in [4.69, 9.17) is 5.11 Å². The van der Waals surface area contributed by atoms with E-state index in [1.807, 2.05) is 6.08 Å². The zero-order valence-corrected chi connectivity index (χ0v) is 16.5. The normalized spacial score (nSPS) is 45.0. The molecule has 3 N–H and O–H groups in total. The van der Waals surface area contributed by atoms with E-state index in [0.29, 0.717) is 18.3 Å². The van der Waals surface area contributed by atoms with E-state index in [1.165, 1.54) is 0 Å². The molecule has 5 nitrogen and oxygen atoms in total. The number of rotatable bonds is 2. The smallest absolute Gasteiger partial charge is 0.178 e. The molecule has 4 aliphatic carbocycles. The zero-order valence-electron chi connectivity index (χ0n) is 16.5. The number of fused-ring (bicyclic) bond motifs is 5. The Hall–Kier alpha value is -1.30. The van der Waals surface area contributed by atoms with Gasteiger partial charge in [0.05, 0.1) is 6.10 Å². The van der Waals surface area contributed by atoms with E-state index < -0.39 is 12.7 Å². The molecule has 0 heterocycles. The van der Waals surface area contributed by atoms with Crippen LogP contribution in [-0.4, -0.2) is 46.7 Å². The topological polar surface area (TPSA) is 94.8 Å². The number of Topliss-reactive ketones (excluding diaryl/α,β-unsaturated/α-hetero) is 1. The molecular weight excluding hydrogens is 344 g/mol. The van der Waals surface area contributed by atoms with Crippen molar-refractivity contribution in [2.24, 2.45) is 34.5 Å². The average molecular weight is 376 g/mol. The van der Waals surface area contributed by atoms with Gasteiger partial charge in [0.1, 0.15) is 6.61 Å². The van der Waals surface area contributed by atoms with Crippen LogP contribution in [0.5, 0.6) is 0 Å². The van der Waals surface area contributed by atoms with E-state index in [-0.39, 0.29) is 34.2 Å². The lowest BCUT2D eigenvalue weighted by Crippen LogP contribution is -2.56. The van der Waals surface area contributed by atoms with Crippen molar-refractivity contribution in [3.63, 3.8) is 0 Å². The highest BCUT2D eigenvalue weighted by Gasteiger charge is 2.62. The maximum absolute atomic E-state index is 12.3. The highest BCUT2D eigenvalue weighted by molar-refractivity contribution is 6.01. The fourth-order valence-electron chi connectivity index (χ4n) is 6.96. The second-order valence-electron chi connectivity index (χ2n) is 9.05. The van der Waals surface area contributed by atoms with Gasteiger partial charge in [-0.2, -0.15) is 0 Å². The van der Waals surface area contributed by atoms with Gasteiger partial charge in [0.2, 0.25) is 0 Å². The molecule has 3 saturated carbocycles. The maximum atomic E-state index is 12.3. The fraction of sp³-hybridized carbons (Fsp3) is 0.727. The molecular formula is C22H32O5. The predicted octanol–water partition coefficient (Wildman–Crippen LogP) is 2.05. The third-order valence-corrected chi connectivity index (χ3v) is 8.04. The first-order chi connectivity index (χ1) is 12.8. The molecule has 0 amide bonds. The number of aliphatic hydroxyl groups excluding tert-OH is 3. The minimum atomic E-state index is -0.482. The first-order valence-electron chi connectivity index (χ1n) is 10.0. The van der Waals surface area contributed by atoms with Crippen LogP contribution in [-0.2, 0) is 9.59 Å². The van der Waals surface area contributed by atoms with Crippen LogP contribution in [0.2, 0.25) is 0 Å². The second kappa shape index (κ2) is 7.26. The van der Waals surface area contributed by atoms with Gasteiger partial charge in [0.25, 0.3) is 0 Å². The monoisotopic (exact) mass is 376 g/mol. The third-order valence-electron chi connectivity index (χ3n) is 8.04. The van der Waals surface area contributed by atoms with E-state index in [2.05, 4.69) is 13.8 Å². The molecule has 0 bridgehead atoms. The van der Waals surface area contributed by atoms with Gasteiger partial charge in [-0.3, -0.25) is 9.59 Å². The summed E-state index contributed by atoms with van der Waals surface area (Å²) in [7, 11) is 1.00. The molecule has 0 aromatic heterocycles. The zero-order chi connectivity index (χ0) is 20.0. The summed E-state index contributed by atoms with van der Waals surface area (Å²) >= 11 is 0. The Morgan fingerprint density at radius 2 is 1.93 bits per heavy atom. The Bertz CT molecular complexity index is 680. The highest BCUT2D eigenvalue weighted by atomic mass is 16.3. The predicted molar refractivity (Wildman–Crippen MR) is 102 cm³/mol. The number of hydrogen-bond donors (Lipinski definition) is 3. The van der Waals surface area contributed by atoms with Gasteiger partial charge in [0.15, 0.2) is 11.6 Å². The molecule has 4 aliphatic rings. The Morgan fingerprint density at radius 3 is 2.59 bits per heavy atom. The quantitative estimate of drug-likeness (QED) is 0.686. The molecule has 150 valence electrons. The van der Waals surface area contributed by atoms with Crippen LogP contribution in [0.1, 0.15) is 46.0 Å². The van der Waals surface area contributed by atoms with Crippen LogP contribution < -0.4 is 0 Å². The standard InChI is InChI=1S/C21H28O4.CH4O/c1-20-8-7-13(23)9-12(20)3-4-14-15-5-6-16(18(25)11-22)21(15,2)10-17(24)19(14)20;1-2/h7-9,14-17,19,22,24H,3-6,10-11H2,1-2H3;2H,1H3. The lowest BCUT2D eigenvalue weighted by molar-refractivity contribution is -0.141. The number of aliphatic hydroxyl groups is 3. The summed E-state index contributed by atoms with van der Waals surface area (Å²) in [5.41, 5.74) is 0.688. The molecule has 27 heavy (non-hydrogen) atoms. The van der Waals surface area contributed by atoms with E-state index >= 15 is 0 Å². The Morgan fingerprint density at radius 1 is 1.22 bits per heavy atom. The Kier molecular flexibility index (Phi) is 5.50. The molecule has 4 rings (SSSR count). The summed E-state index contributed by atoms with van der Waals surface area (Å²) in [5.74, 6) is 0.734. The minimum absolute atomic E-state index is 0.0514. The van der Waals surface area contributed by atoms with Gasteiger partial charge < -0.3 is 15.3 Å². The lowest BCUT2D eigenvalue weighted by Gasteiger charge is -2.58. The van der Waals surface area contributed by atoms with Crippen molar-refractivity contribution < 1.29 is 24.9 Å². The van der Waals surface area contributed by atoms with Crippen molar-refractivity contribution in [1.29, 1.82) is 0 Å². The van der Waals surface area contributed by atoms with Crippen molar-refractivity contribution in [2.45, 2.75) is 52.1 Å². The van der Waals surface area contributed by atoms with Gasteiger partial charge in [-0.05, 0) is 61.5 Å². The molecule has 0 aliphatic heterocycles. The van der Waals surface area contributed by atoms with Crippen LogP contribution in [0.3, 0.4) is 0 Å². The highest BCUT2D eigenvalue weighted by Crippen LogP contribution is 2.65. The van der Waals surface area contributed by atoms with Gasteiger partial charge in [0, 0.05) is 24.4 Å². The van der Waals surface area contributed by atoms with Crippen LogP contribution in [0, 0.1) is 34.5 Å². The average Bonchev–Trinajstić information content (AvgIpc) is 2.99. The molecule has 3 fully saturated rings. The van der Waals surface area contributed by atoms with Crippen molar-refractivity contribution in [2.75, 3.05) is 13.7 Å². The van der Waals surface area contributed by atoms with Crippen molar-refractivity contribution in [1.82, 2.24) is 0 Å². The lowest BCUT2D eigenvalue weighted by atomic mass is 9.46. The second-order valence-corrected chi connectivity index (χ2v) is 9.05. The van der Waals surface area contributed by atoms with Gasteiger partial charge >= 0.3 is 0 Å². The molecule has 7 unspecified atom stereocenters. The van der Waals surface area contributed by atoms with Crippen molar-refractivity contribution in [3.05, 3.63) is 23.8 Å². The van der Waals surface area contributed by atoms with Crippen LogP contribution >= 0.6 is 0 Å². The molecule has 0 aromatic rings. The van der Waals surface area contributed by atoms with E-state index in [1.54, 1.807) is 12.2 Å². The minimum Gasteiger partial charge on any atom is -0.400 e. The number of allylic oxidation sites excluding steroid dienone is 4. The Balaban J connectivity index is 0.00000102. The number of hydrogen-bond acceptors (Lipinski definition) is 5. The van der Waals surface area contributed by atoms with E-state index in [0.717, 1.165) is 38.4 Å². The first kappa shape index (κ1) is 20.4. The summed E-state index contributed by atoms with van der Waals surface area (Å²) in [6, 6.07) is 0. The molecule has 0 radical (unpaired) electrons. The van der Waals surface area contributed by atoms with Gasteiger partial charge in [-0.25, -0.2) is 0 Å². The van der Waals surface area contributed by atoms with E-state index in [9.17, 15) is 19.8 Å². The van der Waals surface area contributed by atoms with Crippen LogP contribution in [0.4, 0.5) is 0 Å². The molecule has 7 atom stereocenters. The van der Waals surface area contributed by atoms with Crippen molar-refractivity contribution in [3.8, 4) is 0 Å². The van der Waals surface area contributed by atoms with Gasteiger partial charge in [-0.15, -0.1) is 0 Å². The summed E-state index contributed by atoms with van der Waals surface area (Å²) in [6.45, 7) is 3.92. The number of carbonyl (C=O) groups is 2. The summed E-state index contributed by atoms with van der Waals surface area (Å²) in [4.78, 5) is 24.1. The van der Waals surface area contributed by atoms with Crippen LogP contribution in [0.25, 0.3) is 0 Å². The number of carbonyl (C=O) groups excluding carboxylic acids is 2. The first-order valence-corrected chi connectivity index (χ1v) is 10.0. The largest absolute Gasteiger partial charge is 0.400 e.